The van der Waals surface area contributed by atoms with Gasteiger partial charge in [-0.25, -0.2) is 0 Å². The van der Waals surface area contributed by atoms with Gasteiger partial charge in [-0.1, -0.05) is 36.4 Å². The zero-order valence-electron chi connectivity index (χ0n) is 4.84. The van der Waals surface area contributed by atoms with Gasteiger partial charge in [-0.15, -0.1) is 0 Å². The van der Waals surface area contributed by atoms with Gasteiger partial charge in [-0.3, -0.25) is 0 Å². The van der Waals surface area contributed by atoms with Gasteiger partial charge in [-0.05, 0) is 0 Å². The molecular formula is C6H6ClCs. The van der Waals surface area contributed by atoms with Gasteiger partial charge in [0.1, 0.15) is 0 Å². The van der Waals surface area contributed by atoms with Crippen LogP contribution < -0.4 is 81.3 Å². The molecule has 0 unspecified atom stereocenters. The van der Waals surface area contributed by atoms with Gasteiger partial charge in [0.15, 0.2) is 0 Å². The van der Waals surface area contributed by atoms with Crippen molar-refractivity contribution in [2.75, 3.05) is 0 Å². The Kier molecular flexibility index (Phi) is 13.1. The van der Waals surface area contributed by atoms with Crippen molar-refractivity contribution in [1.29, 1.82) is 0 Å². The van der Waals surface area contributed by atoms with E-state index in [0.717, 1.165) is 0 Å². The van der Waals surface area contributed by atoms with E-state index in [1.54, 1.807) is 0 Å². The van der Waals surface area contributed by atoms with Crippen LogP contribution in [0.1, 0.15) is 0 Å². The van der Waals surface area contributed by atoms with Gasteiger partial charge in [-0.2, -0.15) is 0 Å². The monoisotopic (exact) mass is 246 g/mol. The summed E-state index contributed by atoms with van der Waals surface area (Å²) in [5, 5.41) is 0. The fourth-order valence-corrected chi connectivity index (χ4v) is 0.385. The molecule has 0 nitrogen and oxygen atoms in total. The summed E-state index contributed by atoms with van der Waals surface area (Å²) in [6, 6.07) is 12.0. The molecule has 0 saturated carbocycles. The predicted molar refractivity (Wildman–Crippen MR) is 26.4 cm³/mol. The van der Waals surface area contributed by atoms with Gasteiger partial charge in [0.25, 0.3) is 0 Å². The van der Waals surface area contributed by atoms with Crippen molar-refractivity contribution in [3.8, 4) is 0 Å². The standard InChI is InChI=1S/C6H6.ClH.Cs/c1-2-4-6-5-3-1;;/h1-6H;1H;/q;;+1/p-1. The SMILES string of the molecule is [Cl-].[Cs+].c1ccccc1. The number of benzene rings is 1. The molecule has 0 aliphatic carbocycles. The zero-order chi connectivity index (χ0) is 4.24. The Balaban J connectivity index is 0. The first-order valence-electron chi connectivity index (χ1n) is 2.00. The molecule has 0 radical (unpaired) electrons. The first kappa shape index (κ1) is 12.3. The third-order valence-corrected chi connectivity index (χ3v) is 0.667. The molecule has 0 amide bonds. The van der Waals surface area contributed by atoms with Crippen molar-refractivity contribution >= 4 is 0 Å². The molecular weight excluding hydrogens is 240 g/mol. The Hall–Kier alpha value is 1.56. The molecule has 0 aliphatic rings. The van der Waals surface area contributed by atoms with E-state index in [1.807, 2.05) is 36.4 Å². The smallest absolute Gasteiger partial charge is 1.00 e. The Morgan fingerprint density at radius 2 is 0.625 bits per heavy atom. The summed E-state index contributed by atoms with van der Waals surface area (Å²) in [5.74, 6) is 0. The summed E-state index contributed by atoms with van der Waals surface area (Å²) in [4.78, 5) is 0. The van der Waals surface area contributed by atoms with E-state index >= 15 is 0 Å². The molecule has 0 spiro atoms. The minimum Gasteiger partial charge on any atom is -1.00 e. The Morgan fingerprint density at radius 1 is 0.500 bits per heavy atom. The van der Waals surface area contributed by atoms with Crippen molar-refractivity contribution in [3.63, 3.8) is 0 Å². The summed E-state index contributed by atoms with van der Waals surface area (Å²) in [6.07, 6.45) is 0. The summed E-state index contributed by atoms with van der Waals surface area (Å²) in [5.41, 5.74) is 0. The second-order valence-electron chi connectivity index (χ2n) is 1.15. The largest absolute Gasteiger partial charge is 1.00 e. The normalized spacial score (nSPS) is 6.00. The summed E-state index contributed by atoms with van der Waals surface area (Å²) in [7, 11) is 0. The van der Waals surface area contributed by atoms with Crippen LogP contribution in [0.3, 0.4) is 0 Å². The van der Waals surface area contributed by atoms with E-state index in [9.17, 15) is 0 Å². The minimum atomic E-state index is 0. The molecule has 2 heteroatoms. The van der Waals surface area contributed by atoms with E-state index in [4.69, 9.17) is 0 Å². The van der Waals surface area contributed by atoms with Crippen molar-refractivity contribution in [1.82, 2.24) is 0 Å². The Morgan fingerprint density at radius 3 is 0.750 bits per heavy atom. The van der Waals surface area contributed by atoms with Crippen molar-refractivity contribution in [2.45, 2.75) is 0 Å². The molecule has 38 valence electrons. The topological polar surface area (TPSA) is 0 Å². The second kappa shape index (κ2) is 8.56. The molecule has 8 heavy (non-hydrogen) atoms. The molecule has 1 rings (SSSR count). The summed E-state index contributed by atoms with van der Waals surface area (Å²) < 4.78 is 0. The molecule has 0 N–H and O–H groups in total. The average Bonchev–Trinajstić information content (AvgIpc) is 1.72. The van der Waals surface area contributed by atoms with Crippen LogP contribution >= 0.6 is 0 Å². The van der Waals surface area contributed by atoms with Crippen LogP contribution in [-0.2, 0) is 0 Å². The maximum absolute atomic E-state index is 2.00. The average molecular weight is 246 g/mol. The summed E-state index contributed by atoms with van der Waals surface area (Å²) >= 11 is 0. The van der Waals surface area contributed by atoms with Crippen LogP contribution in [0, 0.1) is 0 Å². The van der Waals surface area contributed by atoms with Crippen LogP contribution in [0.25, 0.3) is 0 Å². The van der Waals surface area contributed by atoms with Gasteiger partial charge in [0.05, 0.1) is 0 Å². The molecule has 0 aliphatic heterocycles. The van der Waals surface area contributed by atoms with Crippen LogP contribution in [0.2, 0.25) is 0 Å². The predicted octanol–water partition coefficient (Wildman–Crippen LogP) is -4.31. The van der Waals surface area contributed by atoms with E-state index in [1.165, 1.54) is 0 Å². The fourth-order valence-electron chi connectivity index (χ4n) is 0.385. The van der Waals surface area contributed by atoms with Gasteiger partial charge < -0.3 is 12.4 Å². The van der Waals surface area contributed by atoms with Gasteiger partial charge >= 0.3 is 68.9 Å². The number of halogens is 1. The van der Waals surface area contributed by atoms with Crippen LogP contribution in [0.5, 0.6) is 0 Å². The fraction of sp³-hybridized carbons (Fsp3) is 0. The molecule has 0 aromatic heterocycles. The first-order valence-corrected chi connectivity index (χ1v) is 2.00. The molecule has 1 aromatic carbocycles. The van der Waals surface area contributed by atoms with E-state index in [-0.39, 0.29) is 81.3 Å². The van der Waals surface area contributed by atoms with E-state index in [2.05, 4.69) is 0 Å². The molecule has 0 fully saturated rings. The molecule has 0 saturated heterocycles. The van der Waals surface area contributed by atoms with Crippen LogP contribution in [0.4, 0.5) is 0 Å². The molecule has 0 bridgehead atoms. The number of hydrogen-bond acceptors (Lipinski definition) is 0. The van der Waals surface area contributed by atoms with E-state index < -0.39 is 0 Å². The first-order chi connectivity index (χ1) is 3.00. The van der Waals surface area contributed by atoms with Gasteiger partial charge in [0, 0.05) is 0 Å². The van der Waals surface area contributed by atoms with Crippen molar-refractivity contribution < 1.29 is 81.3 Å². The third kappa shape index (κ3) is 5.69. The van der Waals surface area contributed by atoms with Crippen LogP contribution in [0.15, 0.2) is 36.4 Å². The third-order valence-electron chi connectivity index (χ3n) is 0.667. The van der Waals surface area contributed by atoms with E-state index in [0.29, 0.717) is 0 Å². The van der Waals surface area contributed by atoms with Gasteiger partial charge in [0.2, 0.25) is 0 Å². The molecule has 0 heterocycles. The van der Waals surface area contributed by atoms with Crippen LogP contribution in [-0.4, -0.2) is 0 Å². The second-order valence-corrected chi connectivity index (χ2v) is 1.15. The Labute approximate surface area is 115 Å². The number of rotatable bonds is 0. The maximum Gasteiger partial charge on any atom is 1.00 e. The van der Waals surface area contributed by atoms with Crippen molar-refractivity contribution in [3.05, 3.63) is 36.4 Å². The zero-order valence-corrected chi connectivity index (χ0v) is 11.9. The minimum absolute atomic E-state index is 0. The quantitative estimate of drug-likeness (QED) is 0.435. The maximum atomic E-state index is 2.00. The van der Waals surface area contributed by atoms with Crippen molar-refractivity contribution in [2.24, 2.45) is 0 Å². The summed E-state index contributed by atoms with van der Waals surface area (Å²) in [6.45, 7) is 0. The number of hydrogen-bond donors (Lipinski definition) is 0. The Bertz CT molecular complexity index is 80.5. The molecule has 1 aromatic rings. The molecule has 0 atom stereocenters.